The number of benzene rings is 1. The van der Waals surface area contributed by atoms with Gasteiger partial charge in [0.2, 0.25) is 5.91 Å². The van der Waals surface area contributed by atoms with E-state index in [1.807, 2.05) is 0 Å². The highest BCUT2D eigenvalue weighted by molar-refractivity contribution is 7.90. The summed E-state index contributed by atoms with van der Waals surface area (Å²) < 4.78 is 28.0. The molecule has 0 saturated carbocycles. The lowest BCUT2D eigenvalue weighted by Crippen LogP contribution is -2.22. The molecular weight excluding hydrogens is 320 g/mol. The van der Waals surface area contributed by atoms with Crippen molar-refractivity contribution >= 4 is 39.8 Å². The Hall–Kier alpha value is -1.64. The topological polar surface area (TPSA) is 116 Å². The van der Waals surface area contributed by atoms with Gasteiger partial charge < -0.3 is 15.8 Å². The fourth-order valence-corrected chi connectivity index (χ4v) is 2.11. The number of hydrogen-bond acceptors (Lipinski definition) is 6. The highest BCUT2D eigenvalue weighted by Crippen LogP contribution is 2.20. The summed E-state index contributed by atoms with van der Waals surface area (Å²) >= 11 is 0. The van der Waals surface area contributed by atoms with Gasteiger partial charge in [0.15, 0.2) is 9.84 Å². The molecule has 0 bridgehead atoms. The van der Waals surface area contributed by atoms with Gasteiger partial charge >= 0.3 is 5.97 Å². The minimum absolute atomic E-state index is 0. The highest BCUT2D eigenvalue weighted by Gasteiger charge is 2.15. The van der Waals surface area contributed by atoms with Crippen LogP contribution in [0.3, 0.4) is 0 Å². The molecule has 1 aromatic carbocycles. The second kappa shape index (κ2) is 7.96. The molecule has 0 radical (unpaired) electrons. The van der Waals surface area contributed by atoms with E-state index in [0.717, 1.165) is 6.26 Å². The number of nitrogens with two attached hydrogens (primary N) is 1. The Morgan fingerprint density at radius 3 is 2.38 bits per heavy atom. The van der Waals surface area contributed by atoms with Crippen LogP contribution in [0.4, 0.5) is 5.69 Å². The SMILES string of the molecule is CCOC(=O)c1cc(NC(=O)CN)cc(S(C)(=O)=O)c1.Cl. The van der Waals surface area contributed by atoms with E-state index in [0.29, 0.717) is 0 Å². The van der Waals surface area contributed by atoms with Crippen molar-refractivity contribution in [1.29, 1.82) is 0 Å². The molecule has 118 valence electrons. The molecule has 0 aliphatic carbocycles. The molecule has 0 spiro atoms. The molecule has 0 aliphatic rings. The number of sulfone groups is 1. The molecule has 0 atom stereocenters. The van der Waals surface area contributed by atoms with Gasteiger partial charge in [-0.15, -0.1) is 12.4 Å². The minimum Gasteiger partial charge on any atom is -0.462 e. The molecular formula is C12H17ClN2O5S. The van der Waals surface area contributed by atoms with Crippen LogP contribution >= 0.6 is 12.4 Å². The molecule has 3 N–H and O–H groups in total. The number of rotatable bonds is 5. The van der Waals surface area contributed by atoms with E-state index in [2.05, 4.69) is 5.32 Å². The number of hydrogen-bond donors (Lipinski definition) is 2. The summed E-state index contributed by atoms with van der Waals surface area (Å²) in [6.07, 6.45) is 1.01. The Bertz CT molecular complexity index is 631. The van der Waals surface area contributed by atoms with Gasteiger partial charge in [-0.3, -0.25) is 4.79 Å². The Morgan fingerprint density at radius 2 is 1.90 bits per heavy atom. The lowest BCUT2D eigenvalue weighted by molar-refractivity contribution is -0.114. The van der Waals surface area contributed by atoms with Crippen molar-refractivity contribution in [2.75, 3.05) is 24.7 Å². The van der Waals surface area contributed by atoms with Gasteiger partial charge in [0.25, 0.3) is 0 Å². The first kappa shape index (κ1) is 19.4. The number of halogens is 1. The van der Waals surface area contributed by atoms with Gasteiger partial charge in [-0.2, -0.15) is 0 Å². The molecule has 0 saturated heterocycles. The van der Waals surface area contributed by atoms with Crippen LogP contribution in [0.5, 0.6) is 0 Å². The monoisotopic (exact) mass is 336 g/mol. The number of anilines is 1. The average molecular weight is 337 g/mol. The number of carbonyl (C=O) groups is 2. The third-order valence-corrected chi connectivity index (χ3v) is 3.41. The van der Waals surface area contributed by atoms with E-state index in [-0.39, 0.29) is 41.7 Å². The third kappa shape index (κ3) is 5.70. The molecule has 21 heavy (non-hydrogen) atoms. The number of carbonyl (C=O) groups excluding carboxylic acids is 2. The summed E-state index contributed by atoms with van der Waals surface area (Å²) in [5.74, 6) is -1.16. The molecule has 0 unspecified atom stereocenters. The molecule has 0 aromatic heterocycles. The zero-order valence-electron chi connectivity index (χ0n) is 11.6. The Balaban J connectivity index is 0.00000400. The summed E-state index contributed by atoms with van der Waals surface area (Å²) in [6.45, 7) is 1.54. The molecule has 1 aromatic rings. The summed E-state index contributed by atoms with van der Waals surface area (Å²) in [7, 11) is -3.53. The van der Waals surface area contributed by atoms with Gasteiger partial charge in [-0.05, 0) is 25.1 Å². The van der Waals surface area contributed by atoms with Gasteiger partial charge in [0, 0.05) is 11.9 Å². The summed E-state index contributed by atoms with van der Waals surface area (Å²) in [5, 5.41) is 2.41. The maximum absolute atomic E-state index is 11.7. The lowest BCUT2D eigenvalue weighted by Gasteiger charge is -2.09. The molecule has 0 fully saturated rings. The molecule has 9 heteroatoms. The van der Waals surface area contributed by atoms with E-state index >= 15 is 0 Å². The van der Waals surface area contributed by atoms with Gasteiger partial charge in [-0.25, -0.2) is 13.2 Å². The highest BCUT2D eigenvalue weighted by atomic mass is 35.5. The van der Waals surface area contributed by atoms with Crippen LogP contribution in [0.1, 0.15) is 17.3 Å². The van der Waals surface area contributed by atoms with Crippen molar-refractivity contribution in [2.45, 2.75) is 11.8 Å². The number of esters is 1. The fourth-order valence-electron chi connectivity index (χ4n) is 1.43. The number of nitrogens with one attached hydrogen (secondary N) is 1. The van der Waals surface area contributed by atoms with Crippen molar-refractivity contribution in [2.24, 2.45) is 5.73 Å². The number of amides is 1. The van der Waals surface area contributed by atoms with E-state index in [1.165, 1.54) is 18.2 Å². The lowest BCUT2D eigenvalue weighted by atomic mass is 10.2. The summed E-state index contributed by atoms with van der Waals surface area (Å²) in [4.78, 5) is 22.8. The van der Waals surface area contributed by atoms with Crippen LogP contribution < -0.4 is 11.1 Å². The number of ether oxygens (including phenoxy) is 1. The normalized spacial score (nSPS) is 10.4. The Labute approximate surface area is 129 Å². The van der Waals surface area contributed by atoms with Crippen LogP contribution in [0, 0.1) is 0 Å². The first-order valence-corrected chi connectivity index (χ1v) is 7.69. The predicted molar refractivity (Wildman–Crippen MR) is 80.4 cm³/mol. The smallest absolute Gasteiger partial charge is 0.338 e. The van der Waals surface area contributed by atoms with Crippen LogP contribution in [0.25, 0.3) is 0 Å². The zero-order chi connectivity index (χ0) is 15.3. The average Bonchev–Trinajstić information content (AvgIpc) is 2.37. The van der Waals surface area contributed by atoms with Crippen molar-refractivity contribution in [3.63, 3.8) is 0 Å². The molecule has 1 rings (SSSR count). The summed E-state index contributed by atoms with van der Waals surface area (Å²) in [6, 6.07) is 3.79. The first-order chi connectivity index (χ1) is 9.27. The first-order valence-electron chi connectivity index (χ1n) is 5.80. The van der Waals surface area contributed by atoms with Crippen LogP contribution in [0.15, 0.2) is 23.1 Å². The molecule has 1 amide bonds. The van der Waals surface area contributed by atoms with Gasteiger partial charge in [0.1, 0.15) is 0 Å². The zero-order valence-corrected chi connectivity index (χ0v) is 13.2. The summed E-state index contributed by atoms with van der Waals surface area (Å²) in [5.41, 5.74) is 5.38. The van der Waals surface area contributed by atoms with Crippen LogP contribution in [-0.4, -0.2) is 39.7 Å². The molecule has 0 heterocycles. The second-order valence-corrected chi connectivity index (χ2v) is 6.01. The maximum atomic E-state index is 11.7. The Morgan fingerprint density at radius 1 is 1.29 bits per heavy atom. The quantitative estimate of drug-likeness (QED) is 0.760. The van der Waals surface area contributed by atoms with Crippen molar-refractivity contribution in [3.8, 4) is 0 Å². The molecule has 7 nitrogen and oxygen atoms in total. The van der Waals surface area contributed by atoms with E-state index in [9.17, 15) is 18.0 Å². The minimum atomic E-state index is -3.53. The third-order valence-electron chi connectivity index (χ3n) is 2.31. The van der Waals surface area contributed by atoms with Crippen molar-refractivity contribution in [1.82, 2.24) is 0 Å². The maximum Gasteiger partial charge on any atom is 0.338 e. The Kier molecular flexibility index (Phi) is 7.34. The second-order valence-electron chi connectivity index (χ2n) is 3.99. The van der Waals surface area contributed by atoms with E-state index in [4.69, 9.17) is 10.5 Å². The van der Waals surface area contributed by atoms with Crippen LogP contribution in [0.2, 0.25) is 0 Å². The standard InChI is InChI=1S/C12H16N2O5S.ClH/c1-3-19-12(16)8-4-9(14-11(15)7-13)6-10(5-8)20(2,17)18;/h4-6H,3,7,13H2,1-2H3,(H,14,15);1H. The van der Waals surface area contributed by atoms with Crippen LogP contribution in [-0.2, 0) is 19.4 Å². The van der Waals surface area contributed by atoms with Gasteiger partial charge in [-0.1, -0.05) is 0 Å². The van der Waals surface area contributed by atoms with Crippen molar-refractivity contribution < 1.29 is 22.7 Å². The fraction of sp³-hybridized carbons (Fsp3) is 0.333. The predicted octanol–water partition coefficient (Wildman–Crippen LogP) is 0.586. The molecule has 0 aliphatic heterocycles. The van der Waals surface area contributed by atoms with E-state index < -0.39 is 21.7 Å². The van der Waals surface area contributed by atoms with Gasteiger partial charge in [0.05, 0.1) is 23.6 Å². The van der Waals surface area contributed by atoms with E-state index in [1.54, 1.807) is 6.92 Å². The van der Waals surface area contributed by atoms with Crippen molar-refractivity contribution in [3.05, 3.63) is 23.8 Å². The largest absolute Gasteiger partial charge is 0.462 e.